The minimum Gasteiger partial charge on any atom is -0.497 e. The monoisotopic (exact) mass is 321 g/mol. The highest BCUT2D eigenvalue weighted by molar-refractivity contribution is 9.10. The number of hydrogen-bond donors (Lipinski definition) is 1. The Bertz CT molecular complexity index is 572. The number of ether oxygens (including phenoxy) is 1. The molecule has 1 aromatic heterocycles. The molecule has 0 spiro atoms. The van der Waals surface area contributed by atoms with Gasteiger partial charge in [-0.25, -0.2) is 0 Å². The molecule has 0 aliphatic carbocycles. The van der Waals surface area contributed by atoms with Crippen LogP contribution in [0.25, 0.3) is 0 Å². The lowest BCUT2D eigenvalue weighted by Crippen LogP contribution is -2.05. The molecule has 0 bridgehead atoms. The predicted octanol–water partition coefficient (Wildman–Crippen LogP) is 3.44. The van der Waals surface area contributed by atoms with Crippen LogP contribution in [0, 0.1) is 6.92 Å². The molecular weight excluding hydrogens is 306 g/mol. The molecule has 1 heterocycles. The number of halogens is 1. The quantitative estimate of drug-likeness (QED) is 0.938. The molecule has 4 heteroatoms. The number of methoxy groups -OCH3 is 1. The third-order valence-electron chi connectivity index (χ3n) is 3.09. The summed E-state index contributed by atoms with van der Waals surface area (Å²) in [6.45, 7) is 1.95. The van der Waals surface area contributed by atoms with Gasteiger partial charge >= 0.3 is 0 Å². The van der Waals surface area contributed by atoms with E-state index in [4.69, 9.17) is 4.74 Å². The number of rotatable bonds is 4. The van der Waals surface area contributed by atoms with Crippen LogP contribution in [0.1, 0.15) is 22.8 Å². The summed E-state index contributed by atoms with van der Waals surface area (Å²) in [6.07, 6.45) is 3.44. The van der Waals surface area contributed by atoms with Crippen LogP contribution >= 0.6 is 15.9 Å². The first-order valence-corrected chi connectivity index (χ1v) is 6.82. The number of aryl methyl sites for hydroxylation is 1. The highest BCUT2D eigenvalue weighted by Gasteiger charge is 2.13. The lowest BCUT2D eigenvalue weighted by molar-refractivity contribution is 0.177. The van der Waals surface area contributed by atoms with Crippen molar-refractivity contribution in [2.24, 2.45) is 0 Å². The Hall–Kier alpha value is -1.39. The van der Waals surface area contributed by atoms with Crippen LogP contribution in [-0.2, 0) is 6.42 Å². The van der Waals surface area contributed by atoms with Crippen molar-refractivity contribution in [2.75, 3.05) is 7.11 Å². The first kappa shape index (κ1) is 14.0. The highest BCUT2D eigenvalue weighted by atomic mass is 79.9. The van der Waals surface area contributed by atoms with E-state index in [9.17, 15) is 5.11 Å². The Morgan fingerprint density at radius 1 is 1.37 bits per heavy atom. The maximum Gasteiger partial charge on any atom is 0.119 e. The summed E-state index contributed by atoms with van der Waals surface area (Å²) >= 11 is 3.50. The first-order valence-electron chi connectivity index (χ1n) is 6.03. The Kier molecular flexibility index (Phi) is 4.56. The van der Waals surface area contributed by atoms with Crippen molar-refractivity contribution in [1.29, 1.82) is 0 Å². The zero-order chi connectivity index (χ0) is 13.8. The van der Waals surface area contributed by atoms with E-state index in [1.165, 1.54) is 0 Å². The molecule has 0 fully saturated rings. The van der Waals surface area contributed by atoms with Crippen molar-refractivity contribution in [3.8, 4) is 5.75 Å². The Morgan fingerprint density at radius 2 is 2.16 bits per heavy atom. The van der Waals surface area contributed by atoms with E-state index in [1.807, 2.05) is 31.2 Å². The van der Waals surface area contributed by atoms with Gasteiger partial charge < -0.3 is 9.84 Å². The molecule has 0 aliphatic rings. The largest absolute Gasteiger partial charge is 0.497 e. The van der Waals surface area contributed by atoms with Gasteiger partial charge in [0.05, 0.1) is 13.2 Å². The van der Waals surface area contributed by atoms with Crippen LogP contribution in [0.2, 0.25) is 0 Å². The zero-order valence-corrected chi connectivity index (χ0v) is 12.5. The molecule has 3 nitrogen and oxygen atoms in total. The Labute approximate surface area is 121 Å². The van der Waals surface area contributed by atoms with Gasteiger partial charge in [-0.3, -0.25) is 4.98 Å². The molecule has 1 unspecified atom stereocenters. The number of nitrogens with zero attached hydrogens (tertiary/aromatic N) is 1. The summed E-state index contributed by atoms with van der Waals surface area (Å²) in [7, 11) is 1.64. The number of aliphatic hydroxyl groups excluding tert-OH is 1. The van der Waals surface area contributed by atoms with Crippen molar-refractivity contribution in [3.05, 3.63) is 57.8 Å². The average molecular weight is 322 g/mol. The second-order valence-electron chi connectivity index (χ2n) is 4.41. The van der Waals surface area contributed by atoms with Crippen molar-refractivity contribution in [2.45, 2.75) is 19.4 Å². The van der Waals surface area contributed by atoms with Crippen LogP contribution in [-0.4, -0.2) is 17.2 Å². The van der Waals surface area contributed by atoms with E-state index < -0.39 is 6.10 Å². The standard InChI is InChI=1S/C15H16BrNO2/c1-10-9-17-6-5-13(10)15(18)8-11-7-12(19-2)3-4-14(11)16/h3-7,9,15,18H,8H2,1-2H3. The van der Waals surface area contributed by atoms with E-state index in [-0.39, 0.29) is 0 Å². The highest BCUT2D eigenvalue weighted by Crippen LogP contribution is 2.28. The third kappa shape index (κ3) is 3.33. The summed E-state index contributed by atoms with van der Waals surface area (Å²) in [5.74, 6) is 0.789. The fraction of sp³-hybridized carbons (Fsp3) is 0.267. The fourth-order valence-electron chi connectivity index (χ4n) is 2.01. The van der Waals surface area contributed by atoms with Gasteiger partial charge in [-0.1, -0.05) is 15.9 Å². The molecule has 2 rings (SSSR count). The maximum atomic E-state index is 10.4. The number of hydrogen-bond acceptors (Lipinski definition) is 3. The average Bonchev–Trinajstić information content (AvgIpc) is 2.41. The van der Waals surface area contributed by atoms with E-state index in [1.54, 1.807) is 19.5 Å². The molecule has 0 saturated heterocycles. The van der Waals surface area contributed by atoms with Crippen LogP contribution in [0.3, 0.4) is 0 Å². The van der Waals surface area contributed by atoms with Gasteiger partial charge in [-0.15, -0.1) is 0 Å². The van der Waals surface area contributed by atoms with Crippen molar-refractivity contribution in [1.82, 2.24) is 4.98 Å². The molecule has 1 N–H and O–H groups in total. The van der Waals surface area contributed by atoms with Crippen LogP contribution in [0.4, 0.5) is 0 Å². The topological polar surface area (TPSA) is 42.4 Å². The lowest BCUT2D eigenvalue weighted by atomic mass is 9.99. The van der Waals surface area contributed by atoms with Gasteiger partial charge in [0.2, 0.25) is 0 Å². The number of aliphatic hydroxyl groups is 1. The zero-order valence-electron chi connectivity index (χ0n) is 10.9. The number of pyridine rings is 1. The second kappa shape index (κ2) is 6.17. The van der Waals surface area contributed by atoms with Gasteiger partial charge in [0.15, 0.2) is 0 Å². The molecule has 19 heavy (non-hydrogen) atoms. The molecule has 1 aromatic carbocycles. The number of aromatic nitrogens is 1. The van der Waals surface area contributed by atoms with Crippen molar-refractivity contribution < 1.29 is 9.84 Å². The molecule has 0 amide bonds. The molecule has 0 aliphatic heterocycles. The summed E-state index contributed by atoms with van der Waals surface area (Å²) in [5, 5.41) is 10.4. The second-order valence-corrected chi connectivity index (χ2v) is 5.26. The van der Waals surface area contributed by atoms with Gasteiger partial charge in [0.1, 0.15) is 5.75 Å². The van der Waals surface area contributed by atoms with Crippen LogP contribution < -0.4 is 4.74 Å². The van der Waals surface area contributed by atoms with E-state index in [0.29, 0.717) is 6.42 Å². The smallest absolute Gasteiger partial charge is 0.119 e. The fourth-order valence-corrected chi connectivity index (χ4v) is 2.42. The van der Waals surface area contributed by atoms with Gasteiger partial charge in [0, 0.05) is 23.3 Å². The summed E-state index contributed by atoms with van der Waals surface area (Å²) in [6, 6.07) is 7.61. The summed E-state index contributed by atoms with van der Waals surface area (Å²) in [5.41, 5.74) is 2.92. The summed E-state index contributed by atoms with van der Waals surface area (Å²) < 4.78 is 6.18. The Morgan fingerprint density at radius 3 is 2.84 bits per heavy atom. The number of benzene rings is 1. The predicted molar refractivity (Wildman–Crippen MR) is 78.3 cm³/mol. The molecular formula is C15H16BrNO2. The van der Waals surface area contributed by atoms with Crippen molar-refractivity contribution >= 4 is 15.9 Å². The van der Waals surface area contributed by atoms with Crippen molar-refractivity contribution in [3.63, 3.8) is 0 Å². The SMILES string of the molecule is COc1ccc(Br)c(CC(O)c2ccncc2C)c1. The lowest BCUT2D eigenvalue weighted by Gasteiger charge is -2.15. The van der Waals surface area contributed by atoms with E-state index in [0.717, 1.165) is 26.9 Å². The van der Waals surface area contributed by atoms with Crippen LogP contribution in [0.5, 0.6) is 5.75 Å². The molecule has 0 saturated carbocycles. The van der Waals surface area contributed by atoms with Gasteiger partial charge in [-0.2, -0.15) is 0 Å². The maximum absolute atomic E-state index is 10.4. The van der Waals surface area contributed by atoms with E-state index >= 15 is 0 Å². The third-order valence-corrected chi connectivity index (χ3v) is 3.86. The normalized spacial score (nSPS) is 12.2. The van der Waals surface area contributed by atoms with Gasteiger partial charge in [-0.05, 0) is 47.9 Å². The summed E-state index contributed by atoms with van der Waals surface area (Å²) in [4.78, 5) is 4.04. The molecule has 1 atom stereocenters. The van der Waals surface area contributed by atoms with Gasteiger partial charge in [0.25, 0.3) is 0 Å². The minimum absolute atomic E-state index is 0.530. The van der Waals surface area contributed by atoms with E-state index in [2.05, 4.69) is 20.9 Å². The molecule has 0 radical (unpaired) electrons. The first-order chi connectivity index (χ1) is 9.11. The molecule has 100 valence electrons. The Balaban J connectivity index is 2.24. The van der Waals surface area contributed by atoms with Crippen LogP contribution in [0.15, 0.2) is 41.1 Å². The molecule has 2 aromatic rings. The minimum atomic E-state index is -0.550.